The van der Waals surface area contributed by atoms with Gasteiger partial charge in [0.05, 0.1) is 18.8 Å². The zero-order valence-corrected chi connectivity index (χ0v) is 43.9. The number of unbranched alkanes of at least 4 members (excludes halogenated alkanes) is 45. The van der Waals surface area contributed by atoms with Crippen molar-refractivity contribution in [1.82, 2.24) is 5.32 Å². The van der Waals surface area contributed by atoms with Crippen LogP contribution in [0.2, 0.25) is 0 Å². The summed E-state index contributed by atoms with van der Waals surface area (Å²) < 4.78 is 16.0. The molecule has 0 aliphatic rings. The second-order valence-corrected chi connectivity index (χ2v) is 21.2. The molecule has 4 N–H and O–H groups in total. The van der Waals surface area contributed by atoms with Crippen LogP contribution in [0.5, 0.6) is 0 Å². The van der Waals surface area contributed by atoms with Crippen LogP contribution in [0.3, 0.4) is 0 Å². The predicted molar refractivity (Wildman–Crippen MR) is 278 cm³/mol. The maximum Gasteiger partial charge on any atom is 0.469 e. The zero-order valence-electron chi connectivity index (χ0n) is 43.0. The first-order valence-electron chi connectivity index (χ1n) is 28.6. The Balaban J connectivity index is 3.65. The maximum atomic E-state index is 12.7. The van der Waals surface area contributed by atoms with Crippen LogP contribution in [0.15, 0.2) is 12.2 Å². The lowest BCUT2D eigenvalue weighted by Gasteiger charge is -2.22. The van der Waals surface area contributed by atoms with Crippen LogP contribution in [-0.4, -0.2) is 39.6 Å². The van der Waals surface area contributed by atoms with Crippen LogP contribution in [0, 0.1) is 0 Å². The molecule has 0 bridgehead atoms. The van der Waals surface area contributed by atoms with E-state index in [1.165, 1.54) is 263 Å². The van der Waals surface area contributed by atoms with E-state index in [-0.39, 0.29) is 5.91 Å². The predicted octanol–water partition coefficient (Wildman–Crippen LogP) is 18.3. The highest BCUT2D eigenvalue weighted by Gasteiger charge is 2.24. The number of aliphatic hydroxyl groups is 1. The molecule has 64 heavy (non-hydrogen) atoms. The third kappa shape index (κ3) is 52.3. The van der Waals surface area contributed by atoms with Gasteiger partial charge in [0, 0.05) is 6.42 Å². The van der Waals surface area contributed by atoms with Gasteiger partial charge in [-0.05, 0) is 19.3 Å². The summed E-state index contributed by atoms with van der Waals surface area (Å²) in [4.78, 5) is 31.1. The number of allylic oxidation sites excluding steroid dienone is 1. The van der Waals surface area contributed by atoms with Crippen molar-refractivity contribution in [3.8, 4) is 0 Å². The van der Waals surface area contributed by atoms with E-state index in [0.717, 1.165) is 38.5 Å². The summed E-state index contributed by atoms with van der Waals surface area (Å²) in [5.41, 5.74) is 0. The maximum absolute atomic E-state index is 12.7. The van der Waals surface area contributed by atoms with Crippen molar-refractivity contribution in [2.75, 3.05) is 6.61 Å². The zero-order chi connectivity index (χ0) is 46.7. The Hall–Kier alpha value is -0.720. The second-order valence-electron chi connectivity index (χ2n) is 20.0. The first-order valence-corrected chi connectivity index (χ1v) is 30.2. The minimum atomic E-state index is -4.72. The minimum absolute atomic E-state index is 0.219. The molecule has 382 valence electrons. The summed E-state index contributed by atoms with van der Waals surface area (Å²) >= 11 is 0. The standard InChI is InChI=1S/C56H112NO6P/c1-3-5-7-9-11-13-15-17-19-20-21-22-23-24-25-26-27-28-29-30-31-32-33-34-35-36-38-40-42-44-46-48-50-52-56(59)57-54(53-63-64(60,61)62)55(58)51-49-47-45-43-41-39-37-18-16-14-12-10-8-6-4-2/h49,51,54-55,58H,3-48,50,52-53H2,1-2H3,(H,57,59)(H2,60,61,62)/b51-49+/t54-,55+/m0/s1. The number of phosphoric ester groups is 1. The average molecular weight is 926 g/mol. The molecule has 0 saturated carbocycles. The van der Waals surface area contributed by atoms with Gasteiger partial charge in [-0.15, -0.1) is 0 Å². The lowest BCUT2D eigenvalue weighted by atomic mass is 10.0. The van der Waals surface area contributed by atoms with Crippen LogP contribution in [0.25, 0.3) is 0 Å². The molecule has 0 radical (unpaired) electrons. The number of hydrogen-bond donors (Lipinski definition) is 4. The first kappa shape index (κ1) is 63.3. The summed E-state index contributed by atoms with van der Waals surface area (Å²) in [6.07, 6.45) is 65.8. The molecule has 0 saturated heterocycles. The van der Waals surface area contributed by atoms with Gasteiger partial charge in [0.25, 0.3) is 0 Å². The van der Waals surface area contributed by atoms with Crippen LogP contribution in [0.4, 0.5) is 0 Å². The van der Waals surface area contributed by atoms with Crippen molar-refractivity contribution in [2.24, 2.45) is 0 Å². The molecular weight excluding hydrogens is 814 g/mol. The van der Waals surface area contributed by atoms with Gasteiger partial charge in [-0.2, -0.15) is 0 Å². The van der Waals surface area contributed by atoms with Gasteiger partial charge >= 0.3 is 7.82 Å². The fourth-order valence-electron chi connectivity index (χ4n) is 9.17. The molecule has 0 spiro atoms. The average Bonchev–Trinajstić information content (AvgIpc) is 3.27. The normalized spacial score (nSPS) is 13.0. The molecular formula is C56H112NO6P. The van der Waals surface area contributed by atoms with E-state index < -0.39 is 26.6 Å². The van der Waals surface area contributed by atoms with Crippen LogP contribution in [-0.2, 0) is 13.9 Å². The number of carbonyl (C=O) groups is 1. The Morgan fingerprint density at radius 2 is 0.688 bits per heavy atom. The Bertz CT molecular complexity index is 1000. The molecule has 0 aromatic carbocycles. The molecule has 1 amide bonds. The quantitative estimate of drug-likeness (QED) is 0.0274. The topological polar surface area (TPSA) is 116 Å². The molecule has 0 aliphatic carbocycles. The highest BCUT2D eigenvalue weighted by atomic mass is 31.2. The number of carbonyl (C=O) groups excluding carboxylic acids is 1. The lowest BCUT2D eigenvalue weighted by molar-refractivity contribution is -0.123. The van der Waals surface area contributed by atoms with E-state index in [1.54, 1.807) is 6.08 Å². The highest BCUT2D eigenvalue weighted by Crippen LogP contribution is 2.36. The molecule has 0 fully saturated rings. The summed E-state index contributed by atoms with van der Waals surface area (Å²) in [7, 11) is -4.72. The van der Waals surface area contributed by atoms with E-state index in [4.69, 9.17) is 0 Å². The van der Waals surface area contributed by atoms with Crippen LogP contribution < -0.4 is 5.32 Å². The number of aliphatic hydroxyl groups excluding tert-OH is 1. The molecule has 7 nitrogen and oxygen atoms in total. The fourth-order valence-corrected chi connectivity index (χ4v) is 9.53. The molecule has 0 heterocycles. The van der Waals surface area contributed by atoms with Gasteiger partial charge in [-0.25, -0.2) is 4.57 Å². The summed E-state index contributed by atoms with van der Waals surface area (Å²) in [5, 5.41) is 13.5. The molecule has 0 aromatic heterocycles. The third-order valence-corrected chi connectivity index (χ3v) is 14.0. The van der Waals surface area contributed by atoms with Crippen molar-refractivity contribution in [1.29, 1.82) is 0 Å². The van der Waals surface area contributed by atoms with Crippen molar-refractivity contribution in [3.05, 3.63) is 12.2 Å². The van der Waals surface area contributed by atoms with Crippen molar-refractivity contribution >= 4 is 13.7 Å². The van der Waals surface area contributed by atoms with Crippen molar-refractivity contribution in [2.45, 2.75) is 334 Å². The monoisotopic (exact) mass is 926 g/mol. The molecule has 8 heteroatoms. The van der Waals surface area contributed by atoms with Crippen molar-refractivity contribution in [3.63, 3.8) is 0 Å². The van der Waals surface area contributed by atoms with Gasteiger partial charge in [0.2, 0.25) is 5.91 Å². The SMILES string of the molecule is CCCCCCCCCCCCCCC/C=C/[C@@H](O)[C@H](COP(=O)(O)O)NC(=O)CCCCCCCCCCCCCCCCCCCCCCCCCCCCCCCCCCC. The van der Waals surface area contributed by atoms with E-state index >= 15 is 0 Å². The molecule has 0 aromatic rings. The van der Waals surface area contributed by atoms with Gasteiger partial charge in [0.1, 0.15) is 0 Å². The van der Waals surface area contributed by atoms with E-state index in [0.29, 0.717) is 6.42 Å². The number of phosphoric acid groups is 1. The number of rotatable bonds is 54. The number of amides is 1. The Labute approximate surface area is 399 Å². The molecule has 2 atom stereocenters. The number of nitrogens with one attached hydrogen (secondary N) is 1. The first-order chi connectivity index (χ1) is 31.3. The Morgan fingerprint density at radius 3 is 0.953 bits per heavy atom. The summed E-state index contributed by atoms with van der Waals surface area (Å²) in [6.45, 7) is 4.12. The summed E-state index contributed by atoms with van der Waals surface area (Å²) in [5.74, 6) is -0.219. The fraction of sp³-hybridized carbons (Fsp3) is 0.946. The Morgan fingerprint density at radius 1 is 0.438 bits per heavy atom. The van der Waals surface area contributed by atoms with Crippen LogP contribution in [0.1, 0.15) is 322 Å². The minimum Gasteiger partial charge on any atom is -0.387 e. The van der Waals surface area contributed by atoms with Gasteiger partial charge in [0.15, 0.2) is 0 Å². The largest absolute Gasteiger partial charge is 0.469 e. The van der Waals surface area contributed by atoms with Gasteiger partial charge < -0.3 is 20.2 Å². The van der Waals surface area contributed by atoms with E-state index in [9.17, 15) is 24.3 Å². The Kier molecular flexibility index (Phi) is 51.1. The molecule has 0 unspecified atom stereocenters. The number of hydrogen-bond acceptors (Lipinski definition) is 4. The van der Waals surface area contributed by atoms with Crippen LogP contribution >= 0.6 is 7.82 Å². The molecule has 0 rings (SSSR count). The highest BCUT2D eigenvalue weighted by molar-refractivity contribution is 7.46. The lowest BCUT2D eigenvalue weighted by Crippen LogP contribution is -2.45. The van der Waals surface area contributed by atoms with Gasteiger partial charge in [-0.1, -0.05) is 309 Å². The summed E-state index contributed by atoms with van der Waals surface area (Å²) in [6, 6.07) is -0.906. The van der Waals surface area contributed by atoms with Crippen molar-refractivity contribution < 1.29 is 28.8 Å². The van der Waals surface area contributed by atoms with E-state index in [2.05, 4.69) is 23.7 Å². The third-order valence-electron chi connectivity index (χ3n) is 13.5. The smallest absolute Gasteiger partial charge is 0.387 e. The molecule has 0 aliphatic heterocycles. The second kappa shape index (κ2) is 51.7. The van der Waals surface area contributed by atoms with E-state index in [1.807, 2.05) is 6.08 Å². The van der Waals surface area contributed by atoms with Gasteiger partial charge in [-0.3, -0.25) is 9.32 Å².